The highest BCUT2D eigenvalue weighted by molar-refractivity contribution is 5.93. The molecule has 0 unspecified atom stereocenters. The van der Waals surface area contributed by atoms with Crippen molar-refractivity contribution in [3.63, 3.8) is 0 Å². The molecule has 0 aliphatic rings. The van der Waals surface area contributed by atoms with Gasteiger partial charge in [-0.2, -0.15) is 5.26 Å². The second-order valence-corrected chi connectivity index (χ2v) is 3.80. The molecule has 1 aromatic carbocycles. The Morgan fingerprint density at radius 1 is 1.37 bits per heavy atom. The van der Waals surface area contributed by atoms with E-state index in [0.717, 1.165) is 6.07 Å². The van der Waals surface area contributed by atoms with E-state index in [9.17, 15) is 9.18 Å². The maximum Gasteiger partial charge on any atom is 0.219 e. The van der Waals surface area contributed by atoms with Gasteiger partial charge < -0.3 is 4.74 Å². The summed E-state index contributed by atoms with van der Waals surface area (Å²) >= 11 is 0. The topological polar surface area (TPSA) is 63.0 Å². The van der Waals surface area contributed by atoms with Crippen molar-refractivity contribution in [2.24, 2.45) is 0 Å². The van der Waals surface area contributed by atoms with Gasteiger partial charge in [-0.3, -0.25) is 4.79 Å². The lowest BCUT2D eigenvalue weighted by Crippen LogP contribution is -1.95. The van der Waals surface area contributed by atoms with Crippen LogP contribution in [0.15, 0.2) is 36.5 Å². The molecule has 2 rings (SSSR count). The first-order chi connectivity index (χ1) is 9.10. The van der Waals surface area contributed by atoms with Gasteiger partial charge in [0.15, 0.2) is 5.78 Å². The largest absolute Gasteiger partial charge is 0.439 e. The average Bonchev–Trinajstić information content (AvgIpc) is 2.39. The number of carbonyl (C=O) groups excluding carboxylic acids is 1. The van der Waals surface area contributed by atoms with E-state index in [0.29, 0.717) is 5.56 Å². The van der Waals surface area contributed by atoms with Crippen molar-refractivity contribution in [1.29, 1.82) is 5.26 Å². The second kappa shape index (κ2) is 5.27. The minimum atomic E-state index is -0.652. The van der Waals surface area contributed by atoms with Crippen LogP contribution in [0, 0.1) is 17.1 Å². The number of benzene rings is 1. The van der Waals surface area contributed by atoms with E-state index in [1.165, 1.54) is 31.3 Å². The quantitative estimate of drug-likeness (QED) is 0.791. The van der Waals surface area contributed by atoms with E-state index in [1.807, 2.05) is 0 Å². The van der Waals surface area contributed by atoms with Crippen LogP contribution in [0.2, 0.25) is 0 Å². The second-order valence-electron chi connectivity index (χ2n) is 3.80. The Labute approximate surface area is 109 Å². The zero-order chi connectivity index (χ0) is 13.8. The standard InChI is InChI=1S/C14H9FN2O2/c1-9(18)11-3-5-14(17-8-11)19-12-4-2-10(7-16)13(15)6-12/h2-6,8H,1H3. The molecule has 0 atom stereocenters. The van der Waals surface area contributed by atoms with Crippen LogP contribution < -0.4 is 4.74 Å². The van der Waals surface area contributed by atoms with E-state index in [1.54, 1.807) is 12.1 Å². The van der Waals surface area contributed by atoms with Crippen LogP contribution in [0.25, 0.3) is 0 Å². The summed E-state index contributed by atoms with van der Waals surface area (Å²) in [4.78, 5) is 15.0. The number of hydrogen-bond acceptors (Lipinski definition) is 4. The summed E-state index contributed by atoms with van der Waals surface area (Å²) in [6, 6.07) is 8.73. The van der Waals surface area contributed by atoms with Crippen LogP contribution in [0.4, 0.5) is 4.39 Å². The Kier molecular flexibility index (Phi) is 3.53. The molecular formula is C14H9FN2O2. The molecule has 2 aromatic rings. The molecular weight excluding hydrogens is 247 g/mol. The number of halogens is 1. The van der Waals surface area contributed by atoms with Gasteiger partial charge in [0.25, 0.3) is 0 Å². The van der Waals surface area contributed by atoms with Gasteiger partial charge in [-0.15, -0.1) is 0 Å². The van der Waals surface area contributed by atoms with Gasteiger partial charge in [0.2, 0.25) is 5.88 Å². The van der Waals surface area contributed by atoms with Crippen molar-refractivity contribution in [3.05, 3.63) is 53.5 Å². The van der Waals surface area contributed by atoms with Crippen LogP contribution in [-0.4, -0.2) is 10.8 Å². The van der Waals surface area contributed by atoms with Gasteiger partial charge in [0, 0.05) is 23.9 Å². The van der Waals surface area contributed by atoms with Crippen molar-refractivity contribution < 1.29 is 13.9 Å². The highest BCUT2D eigenvalue weighted by atomic mass is 19.1. The summed E-state index contributed by atoms with van der Waals surface area (Å²) in [5, 5.41) is 8.61. The molecule has 0 saturated heterocycles. The summed E-state index contributed by atoms with van der Waals surface area (Å²) < 4.78 is 18.7. The number of nitriles is 1. The fourth-order valence-electron chi connectivity index (χ4n) is 1.42. The molecule has 0 bridgehead atoms. The molecule has 1 aromatic heterocycles. The molecule has 4 nitrogen and oxygen atoms in total. The minimum Gasteiger partial charge on any atom is -0.439 e. The Bertz CT molecular complexity index is 660. The van der Waals surface area contributed by atoms with Crippen LogP contribution in [0.1, 0.15) is 22.8 Å². The third kappa shape index (κ3) is 2.93. The molecule has 94 valence electrons. The van der Waals surface area contributed by atoms with Crippen LogP contribution >= 0.6 is 0 Å². The van der Waals surface area contributed by atoms with E-state index >= 15 is 0 Å². The van der Waals surface area contributed by atoms with E-state index in [2.05, 4.69) is 4.98 Å². The number of hydrogen-bond donors (Lipinski definition) is 0. The van der Waals surface area contributed by atoms with Crippen molar-refractivity contribution in [2.45, 2.75) is 6.92 Å². The molecule has 5 heteroatoms. The molecule has 0 aliphatic heterocycles. The van der Waals surface area contributed by atoms with Crippen LogP contribution in [-0.2, 0) is 0 Å². The average molecular weight is 256 g/mol. The SMILES string of the molecule is CC(=O)c1ccc(Oc2ccc(C#N)c(F)c2)nc1. The monoisotopic (exact) mass is 256 g/mol. The molecule has 0 amide bonds. The molecule has 1 heterocycles. The lowest BCUT2D eigenvalue weighted by atomic mass is 10.2. The van der Waals surface area contributed by atoms with Crippen molar-refractivity contribution in [1.82, 2.24) is 4.98 Å². The minimum absolute atomic E-state index is 0.0489. The van der Waals surface area contributed by atoms with Crippen molar-refractivity contribution >= 4 is 5.78 Å². The summed E-state index contributed by atoms with van der Waals surface area (Å²) in [6.07, 6.45) is 1.39. The van der Waals surface area contributed by atoms with Gasteiger partial charge in [-0.05, 0) is 25.1 Å². The lowest BCUT2D eigenvalue weighted by Gasteiger charge is -2.05. The number of ketones is 1. The number of aromatic nitrogens is 1. The predicted molar refractivity (Wildman–Crippen MR) is 65.4 cm³/mol. The van der Waals surface area contributed by atoms with E-state index < -0.39 is 5.82 Å². The Morgan fingerprint density at radius 3 is 2.68 bits per heavy atom. The maximum absolute atomic E-state index is 13.4. The Balaban J connectivity index is 2.19. The van der Waals surface area contributed by atoms with Gasteiger partial charge in [-0.1, -0.05) is 0 Å². The fraction of sp³-hybridized carbons (Fsp3) is 0.0714. The summed E-state index contributed by atoms with van der Waals surface area (Å²) in [5.41, 5.74) is 0.422. The Morgan fingerprint density at radius 2 is 2.16 bits per heavy atom. The van der Waals surface area contributed by atoms with Crippen molar-refractivity contribution in [2.75, 3.05) is 0 Å². The molecule has 19 heavy (non-hydrogen) atoms. The van der Waals surface area contributed by atoms with Gasteiger partial charge >= 0.3 is 0 Å². The number of nitrogens with zero attached hydrogens (tertiary/aromatic N) is 2. The highest BCUT2D eigenvalue weighted by Gasteiger charge is 2.06. The molecule has 0 fully saturated rings. The maximum atomic E-state index is 13.4. The number of carbonyl (C=O) groups is 1. The number of Topliss-reactive ketones (excluding diaryl/α,β-unsaturated/α-hetero) is 1. The van der Waals surface area contributed by atoms with Gasteiger partial charge in [-0.25, -0.2) is 9.37 Å². The Hall–Kier alpha value is -2.74. The summed E-state index contributed by atoms with van der Waals surface area (Å²) in [7, 11) is 0. The first-order valence-corrected chi connectivity index (χ1v) is 5.44. The molecule has 0 spiro atoms. The first-order valence-electron chi connectivity index (χ1n) is 5.44. The number of pyridine rings is 1. The molecule has 0 aliphatic carbocycles. The third-order valence-corrected chi connectivity index (χ3v) is 2.43. The highest BCUT2D eigenvalue weighted by Crippen LogP contribution is 2.21. The van der Waals surface area contributed by atoms with Crippen LogP contribution in [0.5, 0.6) is 11.6 Å². The molecule has 0 radical (unpaired) electrons. The third-order valence-electron chi connectivity index (χ3n) is 2.43. The van der Waals surface area contributed by atoms with Gasteiger partial charge in [0.1, 0.15) is 17.6 Å². The lowest BCUT2D eigenvalue weighted by molar-refractivity contribution is 0.101. The zero-order valence-electron chi connectivity index (χ0n) is 10.1. The number of ether oxygens (including phenoxy) is 1. The first kappa shape index (κ1) is 12.7. The van der Waals surface area contributed by atoms with E-state index in [-0.39, 0.29) is 23.0 Å². The smallest absolute Gasteiger partial charge is 0.219 e. The zero-order valence-corrected chi connectivity index (χ0v) is 10.1. The van der Waals surface area contributed by atoms with E-state index in [4.69, 9.17) is 10.00 Å². The molecule has 0 N–H and O–H groups in total. The van der Waals surface area contributed by atoms with Crippen molar-refractivity contribution in [3.8, 4) is 17.7 Å². The normalized spacial score (nSPS) is 9.74. The van der Waals surface area contributed by atoms with Crippen LogP contribution in [0.3, 0.4) is 0 Å². The summed E-state index contributed by atoms with van der Waals surface area (Å²) in [5.74, 6) is -0.266. The fourth-order valence-corrected chi connectivity index (χ4v) is 1.42. The molecule has 0 saturated carbocycles. The summed E-state index contributed by atoms with van der Waals surface area (Å²) in [6.45, 7) is 1.44. The number of rotatable bonds is 3. The predicted octanol–water partition coefficient (Wildman–Crippen LogP) is 3.09. The van der Waals surface area contributed by atoms with Gasteiger partial charge in [0.05, 0.1) is 5.56 Å².